The largest absolute Gasteiger partial charge is 0.496 e. The summed E-state index contributed by atoms with van der Waals surface area (Å²) in [5.74, 6) is 0.135. The van der Waals surface area contributed by atoms with Gasteiger partial charge in [0.15, 0.2) is 9.84 Å². The van der Waals surface area contributed by atoms with Crippen LogP contribution in [0, 0.1) is 6.92 Å². The predicted molar refractivity (Wildman–Crippen MR) is 94.3 cm³/mol. The van der Waals surface area contributed by atoms with Crippen LogP contribution in [0.25, 0.3) is 0 Å². The number of hydrogen-bond donors (Lipinski definition) is 1. The van der Waals surface area contributed by atoms with Crippen LogP contribution in [0.2, 0.25) is 0 Å². The highest BCUT2D eigenvalue weighted by atomic mass is 32.2. The Hall–Kier alpha value is -2.09. The Morgan fingerprint density at radius 3 is 2.52 bits per heavy atom. The average molecular weight is 368 g/mol. The molecular formula is C17H24N2O5S. The van der Waals surface area contributed by atoms with Gasteiger partial charge in [-0.15, -0.1) is 0 Å². The van der Waals surface area contributed by atoms with Gasteiger partial charge in [-0.3, -0.25) is 9.59 Å². The van der Waals surface area contributed by atoms with E-state index in [9.17, 15) is 18.0 Å². The fourth-order valence-corrected chi connectivity index (χ4v) is 3.92. The second kappa shape index (κ2) is 7.86. The number of benzene rings is 1. The van der Waals surface area contributed by atoms with Crippen molar-refractivity contribution in [2.45, 2.75) is 26.3 Å². The molecule has 0 saturated carbocycles. The highest BCUT2D eigenvalue weighted by molar-refractivity contribution is 7.91. The maximum Gasteiger partial charge on any atom is 0.244 e. The number of nitrogens with zero attached hydrogens (tertiary/aromatic N) is 1. The highest BCUT2D eigenvalue weighted by Gasteiger charge is 2.28. The van der Waals surface area contributed by atoms with E-state index in [2.05, 4.69) is 5.32 Å². The molecule has 1 atom stereocenters. The van der Waals surface area contributed by atoms with E-state index in [-0.39, 0.29) is 42.8 Å². The number of carbonyl (C=O) groups is 2. The molecule has 1 aliphatic heterocycles. The molecule has 1 N–H and O–H groups in total. The summed E-state index contributed by atoms with van der Waals surface area (Å²) in [5, 5.41) is 2.68. The van der Waals surface area contributed by atoms with E-state index in [4.69, 9.17) is 4.74 Å². The topological polar surface area (TPSA) is 92.8 Å². The molecule has 0 bridgehead atoms. The standard InChI is InChI=1S/C17H24N2O5S/c1-12-4-5-14(10-15(12)24-3)11-16(20)18-13(2)17(21)19-6-8-25(22,23)9-7-19/h4-5,10,13H,6-9,11H2,1-3H3,(H,18,20). The Morgan fingerprint density at radius 1 is 1.28 bits per heavy atom. The molecule has 1 saturated heterocycles. The van der Waals surface area contributed by atoms with Crippen LogP contribution in [0.5, 0.6) is 5.75 Å². The molecule has 7 nitrogen and oxygen atoms in total. The van der Waals surface area contributed by atoms with Gasteiger partial charge in [-0.1, -0.05) is 12.1 Å². The third-order valence-electron chi connectivity index (χ3n) is 4.24. The van der Waals surface area contributed by atoms with Gasteiger partial charge in [-0.2, -0.15) is 0 Å². The minimum atomic E-state index is -3.04. The number of rotatable bonds is 5. The zero-order valence-corrected chi connectivity index (χ0v) is 15.6. The van der Waals surface area contributed by atoms with Crippen molar-refractivity contribution in [1.29, 1.82) is 0 Å². The molecular weight excluding hydrogens is 344 g/mol. The van der Waals surface area contributed by atoms with Crippen molar-refractivity contribution in [3.63, 3.8) is 0 Å². The molecule has 0 aromatic heterocycles. The number of methoxy groups -OCH3 is 1. The van der Waals surface area contributed by atoms with Gasteiger partial charge in [0.2, 0.25) is 11.8 Å². The highest BCUT2D eigenvalue weighted by Crippen LogP contribution is 2.19. The van der Waals surface area contributed by atoms with Crippen molar-refractivity contribution in [2.75, 3.05) is 31.7 Å². The fourth-order valence-electron chi connectivity index (χ4n) is 2.72. The van der Waals surface area contributed by atoms with Crippen LogP contribution in [0.15, 0.2) is 18.2 Å². The summed E-state index contributed by atoms with van der Waals surface area (Å²) in [7, 11) is -1.47. The van der Waals surface area contributed by atoms with E-state index >= 15 is 0 Å². The van der Waals surface area contributed by atoms with Crippen molar-refractivity contribution in [3.05, 3.63) is 29.3 Å². The van der Waals surface area contributed by atoms with Crippen molar-refractivity contribution in [1.82, 2.24) is 10.2 Å². The van der Waals surface area contributed by atoms with Crippen LogP contribution >= 0.6 is 0 Å². The van der Waals surface area contributed by atoms with Gasteiger partial charge in [-0.05, 0) is 31.0 Å². The van der Waals surface area contributed by atoms with E-state index in [0.717, 1.165) is 11.1 Å². The minimum Gasteiger partial charge on any atom is -0.496 e. The van der Waals surface area contributed by atoms with Crippen LogP contribution in [0.1, 0.15) is 18.1 Å². The lowest BCUT2D eigenvalue weighted by Gasteiger charge is -2.29. The van der Waals surface area contributed by atoms with Gasteiger partial charge in [0.1, 0.15) is 11.8 Å². The molecule has 0 aliphatic carbocycles. The molecule has 1 aromatic rings. The number of amides is 2. The fraction of sp³-hybridized carbons (Fsp3) is 0.529. The van der Waals surface area contributed by atoms with Crippen LogP contribution in [0.3, 0.4) is 0 Å². The monoisotopic (exact) mass is 368 g/mol. The van der Waals surface area contributed by atoms with Crippen molar-refractivity contribution < 1.29 is 22.7 Å². The average Bonchev–Trinajstić information content (AvgIpc) is 2.55. The molecule has 1 unspecified atom stereocenters. The van der Waals surface area contributed by atoms with E-state index in [1.54, 1.807) is 20.1 Å². The molecule has 0 spiro atoms. The molecule has 0 radical (unpaired) electrons. The summed E-state index contributed by atoms with van der Waals surface area (Å²) in [5.41, 5.74) is 1.78. The first kappa shape index (κ1) is 19.2. The maximum atomic E-state index is 12.3. The Kier molecular flexibility index (Phi) is 6.05. The van der Waals surface area contributed by atoms with Crippen LogP contribution in [-0.4, -0.2) is 62.9 Å². The van der Waals surface area contributed by atoms with Crippen molar-refractivity contribution >= 4 is 21.7 Å². The van der Waals surface area contributed by atoms with Crippen LogP contribution < -0.4 is 10.1 Å². The summed E-state index contributed by atoms with van der Waals surface area (Å²) in [6, 6.07) is 4.83. The second-order valence-corrected chi connectivity index (χ2v) is 8.55. The third-order valence-corrected chi connectivity index (χ3v) is 5.85. The number of aryl methyl sites for hydroxylation is 1. The van der Waals surface area contributed by atoms with Crippen molar-refractivity contribution in [3.8, 4) is 5.75 Å². The number of sulfone groups is 1. The lowest BCUT2D eigenvalue weighted by molar-refractivity contribution is -0.135. The Balaban J connectivity index is 1.90. The SMILES string of the molecule is COc1cc(CC(=O)NC(C)C(=O)N2CCS(=O)(=O)CC2)ccc1C. The molecule has 1 aliphatic rings. The number of hydrogen-bond acceptors (Lipinski definition) is 5. The number of nitrogens with one attached hydrogen (secondary N) is 1. The summed E-state index contributed by atoms with van der Waals surface area (Å²) in [4.78, 5) is 26.0. The molecule has 8 heteroatoms. The number of ether oxygens (including phenoxy) is 1. The molecule has 1 heterocycles. The molecule has 2 rings (SSSR count). The van der Waals surface area contributed by atoms with E-state index < -0.39 is 15.9 Å². The van der Waals surface area contributed by atoms with Gasteiger partial charge in [0, 0.05) is 13.1 Å². The second-order valence-electron chi connectivity index (χ2n) is 6.25. The van der Waals surface area contributed by atoms with E-state index in [0.29, 0.717) is 5.75 Å². The van der Waals surface area contributed by atoms with Crippen molar-refractivity contribution in [2.24, 2.45) is 0 Å². The first-order chi connectivity index (χ1) is 11.7. The molecule has 1 fully saturated rings. The summed E-state index contributed by atoms with van der Waals surface area (Å²) in [6.45, 7) is 3.88. The summed E-state index contributed by atoms with van der Waals surface area (Å²) >= 11 is 0. The number of carbonyl (C=O) groups excluding carboxylic acids is 2. The van der Waals surface area contributed by atoms with Gasteiger partial charge in [0.25, 0.3) is 0 Å². The first-order valence-electron chi connectivity index (χ1n) is 8.14. The quantitative estimate of drug-likeness (QED) is 0.807. The Bertz CT molecular complexity index is 746. The normalized spacial score (nSPS) is 17.6. The molecule has 25 heavy (non-hydrogen) atoms. The van der Waals surface area contributed by atoms with E-state index in [1.807, 2.05) is 19.1 Å². The first-order valence-corrected chi connectivity index (χ1v) is 9.96. The Labute approximate surface area is 148 Å². The Morgan fingerprint density at radius 2 is 1.92 bits per heavy atom. The maximum absolute atomic E-state index is 12.3. The smallest absolute Gasteiger partial charge is 0.244 e. The zero-order valence-electron chi connectivity index (χ0n) is 14.7. The van der Waals surface area contributed by atoms with Crippen LogP contribution in [-0.2, 0) is 25.8 Å². The van der Waals surface area contributed by atoms with Gasteiger partial charge < -0.3 is 15.0 Å². The lowest BCUT2D eigenvalue weighted by Crippen LogP contribution is -2.51. The van der Waals surface area contributed by atoms with Gasteiger partial charge in [-0.25, -0.2) is 8.42 Å². The van der Waals surface area contributed by atoms with Gasteiger partial charge in [0.05, 0.1) is 25.0 Å². The molecule has 2 amide bonds. The molecule has 138 valence electrons. The molecule has 1 aromatic carbocycles. The third kappa shape index (κ3) is 5.19. The minimum absolute atomic E-state index is 0.0252. The van der Waals surface area contributed by atoms with E-state index in [1.165, 1.54) is 4.90 Å². The van der Waals surface area contributed by atoms with Gasteiger partial charge >= 0.3 is 0 Å². The predicted octanol–water partition coefficient (Wildman–Crippen LogP) is 0.308. The zero-order chi connectivity index (χ0) is 18.6. The summed E-state index contributed by atoms with van der Waals surface area (Å²) < 4.78 is 28.1. The summed E-state index contributed by atoms with van der Waals surface area (Å²) in [6.07, 6.45) is 0.142. The lowest BCUT2D eigenvalue weighted by atomic mass is 10.1. The van der Waals surface area contributed by atoms with Crippen LogP contribution in [0.4, 0.5) is 0 Å².